The summed E-state index contributed by atoms with van der Waals surface area (Å²) in [5.74, 6) is 1.77. The van der Waals surface area contributed by atoms with Crippen molar-refractivity contribution in [1.82, 2.24) is 20.1 Å². The number of pyridine rings is 1. The SMILES string of the molecule is Cc1nnc([C@H]2CCCN(Cc3cccnc3)[C@H]2C)o1. The van der Waals surface area contributed by atoms with E-state index in [0.717, 1.165) is 31.8 Å². The van der Waals surface area contributed by atoms with Crippen LogP contribution in [-0.2, 0) is 6.54 Å². The molecule has 5 heteroatoms. The molecular formula is C15H20N4O. The second kappa shape index (κ2) is 5.71. The van der Waals surface area contributed by atoms with Crippen LogP contribution in [0.25, 0.3) is 0 Å². The monoisotopic (exact) mass is 272 g/mol. The van der Waals surface area contributed by atoms with Gasteiger partial charge in [0.25, 0.3) is 0 Å². The van der Waals surface area contributed by atoms with Crippen molar-refractivity contribution in [3.8, 4) is 0 Å². The van der Waals surface area contributed by atoms with Gasteiger partial charge in [-0.3, -0.25) is 9.88 Å². The standard InChI is InChI=1S/C15H20N4O/c1-11-14(15-18-17-12(2)20-15)6-4-8-19(11)10-13-5-3-7-16-9-13/h3,5,7,9,11,14H,4,6,8,10H2,1-2H3/t11-,14-/m0/s1. The van der Waals surface area contributed by atoms with Gasteiger partial charge < -0.3 is 4.42 Å². The minimum Gasteiger partial charge on any atom is -0.425 e. The lowest BCUT2D eigenvalue weighted by atomic mass is 9.90. The predicted molar refractivity (Wildman–Crippen MR) is 75.1 cm³/mol. The molecule has 20 heavy (non-hydrogen) atoms. The molecule has 106 valence electrons. The Morgan fingerprint density at radius 2 is 2.30 bits per heavy atom. The zero-order valence-corrected chi connectivity index (χ0v) is 12.0. The number of piperidine rings is 1. The molecule has 0 saturated carbocycles. The Labute approximate surface area is 119 Å². The summed E-state index contributed by atoms with van der Waals surface area (Å²) in [5.41, 5.74) is 1.25. The van der Waals surface area contributed by atoms with Crippen molar-refractivity contribution in [2.45, 2.75) is 45.2 Å². The van der Waals surface area contributed by atoms with E-state index in [1.165, 1.54) is 5.56 Å². The lowest BCUT2D eigenvalue weighted by Gasteiger charge is -2.37. The van der Waals surface area contributed by atoms with Crippen LogP contribution < -0.4 is 0 Å². The van der Waals surface area contributed by atoms with E-state index in [9.17, 15) is 0 Å². The number of likely N-dealkylation sites (tertiary alicyclic amines) is 1. The van der Waals surface area contributed by atoms with Gasteiger partial charge in [-0.05, 0) is 37.9 Å². The van der Waals surface area contributed by atoms with Crippen LogP contribution >= 0.6 is 0 Å². The van der Waals surface area contributed by atoms with Crippen LogP contribution in [0.5, 0.6) is 0 Å². The largest absolute Gasteiger partial charge is 0.425 e. The third-order valence-electron chi connectivity index (χ3n) is 4.09. The van der Waals surface area contributed by atoms with Crippen LogP contribution in [0.15, 0.2) is 28.9 Å². The number of rotatable bonds is 3. The first-order valence-corrected chi connectivity index (χ1v) is 7.17. The summed E-state index contributed by atoms with van der Waals surface area (Å²) in [6.45, 7) is 6.13. The van der Waals surface area contributed by atoms with E-state index in [-0.39, 0.29) is 0 Å². The Kier molecular flexibility index (Phi) is 3.78. The van der Waals surface area contributed by atoms with Gasteiger partial charge in [0, 0.05) is 31.9 Å². The molecule has 0 aliphatic carbocycles. The van der Waals surface area contributed by atoms with Gasteiger partial charge in [0.1, 0.15) is 0 Å². The van der Waals surface area contributed by atoms with Gasteiger partial charge >= 0.3 is 0 Å². The predicted octanol–water partition coefficient (Wildman–Crippen LogP) is 2.54. The van der Waals surface area contributed by atoms with Gasteiger partial charge in [-0.1, -0.05) is 6.07 Å². The summed E-state index contributed by atoms with van der Waals surface area (Å²) in [6.07, 6.45) is 6.03. The maximum atomic E-state index is 5.63. The fourth-order valence-electron chi connectivity index (χ4n) is 2.95. The van der Waals surface area contributed by atoms with Crippen molar-refractivity contribution in [3.63, 3.8) is 0 Å². The number of hydrogen-bond donors (Lipinski definition) is 0. The van der Waals surface area contributed by atoms with Crippen molar-refractivity contribution < 1.29 is 4.42 Å². The highest BCUT2D eigenvalue weighted by molar-refractivity contribution is 5.09. The first-order chi connectivity index (χ1) is 9.74. The molecule has 3 heterocycles. The van der Waals surface area contributed by atoms with Crippen LogP contribution in [0.1, 0.15) is 43.0 Å². The maximum absolute atomic E-state index is 5.63. The van der Waals surface area contributed by atoms with Crippen molar-refractivity contribution in [2.24, 2.45) is 0 Å². The highest BCUT2D eigenvalue weighted by atomic mass is 16.4. The average molecular weight is 272 g/mol. The zero-order chi connectivity index (χ0) is 13.9. The molecular weight excluding hydrogens is 252 g/mol. The lowest BCUT2D eigenvalue weighted by Crippen LogP contribution is -2.41. The molecule has 2 atom stereocenters. The number of aryl methyl sites for hydroxylation is 1. The Morgan fingerprint density at radius 1 is 1.40 bits per heavy atom. The Morgan fingerprint density at radius 3 is 3.00 bits per heavy atom. The average Bonchev–Trinajstić information content (AvgIpc) is 2.89. The molecule has 0 unspecified atom stereocenters. The Hall–Kier alpha value is -1.75. The van der Waals surface area contributed by atoms with Gasteiger partial charge in [-0.2, -0.15) is 0 Å². The summed E-state index contributed by atoms with van der Waals surface area (Å²) in [7, 11) is 0. The van der Waals surface area contributed by atoms with Crippen LogP contribution in [0.3, 0.4) is 0 Å². The van der Waals surface area contributed by atoms with E-state index in [1.54, 1.807) is 0 Å². The van der Waals surface area contributed by atoms with E-state index < -0.39 is 0 Å². The van der Waals surface area contributed by atoms with Gasteiger partial charge in [0.2, 0.25) is 11.8 Å². The Bertz CT molecular complexity index is 554. The van der Waals surface area contributed by atoms with E-state index in [2.05, 4.69) is 33.1 Å². The molecule has 1 aliphatic rings. The van der Waals surface area contributed by atoms with Gasteiger partial charge in [0.15, 0.2) is 0 Å². The van der Waals surface area contributed by atoms with Crippen molar-refractivity contribution in [1.29, 1.82) is 0 Å². The number of hydrogen-bond acceptors (Lipinski definition) is 5. The first kappa shape index (κ1) is 13.2. The molecule has 0 aromatic carbocycles. The van der Waals surface area contributed by atoms with Gasteiger partial charge in [-0.25, -0.2) is 0 Å². The first-order valence-electron chi connectivity index (χ1n) is 7.17. The fourth-order valence-corrected chi connectivity index (χ4v) is 2.95. The molecule has 0 radical (unpaired) electrons. The maximum Gasteiger partial charge on any atom is 0.221 e. The molecule has 0 amide bonds. The lowest BCUT2D eigenvalue weighted by molar-refractivity contribution is 0.118. The topological polar surface area (TPSA) is 55.1 Å². The molecule has 2 aromatic rings. The summed E-state index contributed by atoms with van der Waals surface area (Å²) in [5, 5.41) is 8.17. The van der Waals surface area contributed by atoms with E-state index in [0.29, 0.717) is 17.9 Å². The molecule has 1 fully saturated rings. The van der Waals surface area contributed by atoms with Crippen LogP contribution in [0.4, 0.5) is 0 Å². The Balaban J connectivity index is 1.73. The van der Waals surface area contributed by atoms with E-state index >= 15 is 0 Å². The van der Waals surface area contributed by atoms with Crippen LogP contribution in [0.2, 0.25) is 0 Å². The fraction of sp³-hybridized carbons (Fsp3) is 0.533. The summed E-state index contributed by atoms with van der Waals surface area (Å²) < 4.78 is 5.63. The minimum atomic E-state index is 0.335. The van der Waals surface area contributed by atoms with E-state index in [1.807, 2.05) is 25.4 Å². The summed E-state index contributed by atoms with van der Waals surface area (Å²) in [6, 6.07) is 4.52. The minimum absolute atomic E-state index is 0.335. The third-order valence-corrected chi connectivity index (χ3v) is 4.09. The second-order valence-electron chi connectivity index (χ2n) is 5.48. The number of aromatic nitrogens is 3. The van der Waals surface area contributed by atoms with E-state index in [4.69, 9.17) is 4.42 Å². The third kappa shape index (κ3) is 2.72. The summed E-state index contributed by atoms with van der Waals surface area (Å²) in [4.78, 5) is 6.67. The zero-order valence-electron chi connectivity index (χ0n) is 12.0. The van der Waals surface area contributed by atoms with Crippen molar-refractivity contribution in [3.05, 3.63) is 41.9 Å². The normalized spacial score (nSPS) is 23.9. The molecule has 5 nitrogen and oxygen atoms in total. The van der Waals surface area contributed by atoms with Gasteiger partial charge in [0.05, 0.1) is 5.92 Å². The molecule has 1 aliphatic heterocycles. The number of nitrogens with zero attached hydrogens (tertiary/aromatic N) is 4. The van der Waals surface area contributed by atoms with Crippen molar-refractivity contribution in [2.75, 3.05) is 6.54 Å². The smallest absolute Gasteiger partial charge is 0.221 e. The highest BCUT2D eigenvalue weighted by Gasteiger charge is 2.32. The highest BCUT2D eigenvalue weighted by Crippen LogP contribution is 2.32. The molecule has 3 rings (SSSR count). The van der Waals surface area contributed by atoms with Crippen LogP contribution in [-0.4, -0.2) is 32.7 Å². The molecule has 0 spiro atoms. The molecule has 0 N–H and O–H groups in total. The second-order valence-corrected chi connectivity index (χ2v) is 5.48. The van der Waals surface area contributed by atoms with Crippen LogP contribution in [0, 0.1) is 6.92 Å². The molecule has 1 saturated heterocycles. The quantitative estimate of drug-likeness (QED) is 0.859. The summed E-state index contributed by atoms with van der Waals surface area (Å²) >= 11 is 0. The van der Waals surface area contributed by atoms with Crippen molar-refractivity contribution >= 4 is 0 Å². The molecule has 2 aromatic heterocycles. The molecule has 0 bridgehead atoms. The van der Waals surface area contributed by atoms with Gasteiger partial charge in [-0.15, -0.1) is 10.2 Å².